The molecule has 0 spiro atoms. The van der Waals surface area contributed by atoms with E-state index in [1.54, 1.807) is 6.26 Å². The van der Waals surface area contributed by atoms with E-state index in [0.717, 1.165) is 17.0 Å². The van der Waals surface area contributed by atoms with Crippen LogP contribution in [-0.4, -0.2) is 14.1 Å². The van der Waals surface area contributed by atoms with Gasteiger partial charge in [0, 0.05) is 30.4 Å². The summed E-state index contributed by atoms with van der Waals surface area (Å²) < 4.78 is 5.38. The van der Waals surface area contributed by atoms with Crippen molar-refractivity contribution in [1.29, 1.82) is 0 Å². The summed E-state index contributed by atoms with van der Waals surface area (Å²) in [6.07, 6.45) is 1.66. The van der Waals surface area contributed by atoms with Gasteiger partial charge >= 0.3 is 0 Å². The van der Waals surface area contributed by atoms with Crippen LogP contribution in [0.3, 0.4) is 0 Å². The number of halogens is 1. The highest BCUT2D eigenvalue weighted by Gasteiger charge is 2.09. The van der Waals surface area contributed by atoms with E-state index in [-0.39, 0.29) is 0 Å². The average Bonchev–Trinajstić information content (AvgIpc) is 2.69. The van der Waals surface area contributed by atoms with Gasteiger partial charge in [0.1, 0.15) is 5.76 Å². The van der Waals surface area contributed by atoms with Crippen molar-refractivity contribution < 1.29 is 4.42 Å². The first-order chi connectivity index (χ1) is 7.18. The highest BCUT2D eigenvalue weighted by Crippen LogP contribution is 2.32. The van der Waals surface area contributed by atoms with Crippen LogP contribution in [0.15, 0.2) is 41.0 Å². The summed E-state index contributed by atoms with van der Waals surface area (Å²) in [6, 6.07) is 9.58. The Morgan fingerprint density at radius 1 is 1.20 bits per heavy atom. The summed E-state index contributed by atoms with van der Waals surface area (Å²) in [5.74, 6) is 0.834. The third-order valence-corrected chi connectivity index (χ3v) is 2.46. The zero-order valence-corrected chi connectivity index (χ0v) is 9.45. The van der Waals surface area contributed by atoms with Gasteiger partial charge in [-0.05, 0) is 30.3 Å². The fourth-order valence-electron chi connectivity index (χ4n) is 1.53. The summed E-state index contributed by atoms with van der Waals surface area (Å²) in [5, 5.41) is 0.715. The Morgan fingerprint density at radius 2 is 2.00 bits per heavy atom. The van der Waals surface area contributed by atoms with Gasteiger partial charge in [0.25, 0.3) is 0 Å². The van der Waals surface area contributed by atoms with Crippen LogP contribution >= 0.6 is 11.6 Å². The van der Waals surface area contributed by atoms with Crippen molar-refractivity contribution in [2.75, 3.05) is 19.0 Å². The van der Waals surface area contributed by atoms with Crippen molar-refractivity contribution in [3.8, 4) is 11.3 Å². The maximum atomic E-state index is 5.98. The van der Waals surface area contributed by atoms with Crippen LogP contribution in [0.4, 0.5) is 5.69 Å². The van der Waals surface area contributed by atoms with Crippen LogP contribution < -0.4 is 4.90 Å². The molecule has 1 heterocycles. The third kappa shape index (κ3) is 2.00. The molecule has 0 saturated heterocycles. The van der Waals surface area contributed by atoms with Gasteiger partial charge in [-0.25, -0.2) is 0 Å². The number of anilines is 1. The van der Waals surface area contributed by atoms with E-state index in [4.69, 9.17) is 16.0 Å². The molecule has 3 heteroatoms. The summed E-state index contributed by atoms with van der Waals surface area (Å²) in [6.45, 7) is 0. The number of benzene rings is 1. The van der Waals surface area contributed by atoms with E-state index >= 15 is 0 Å². The quantitative estimate of drug-likeness (QED) is 0.770. The molecule has 1 aromatic carbocycles. The molecule has 2 aromatic rings. The molecule has 0 unspecified atom stereocenters. The van der Waals surface area contributed by atoms with Gasteiger partial charge in [0.05, 0.1) is 6.26 Å². The molecule has 0 radical (unpaired) electrons. The van der Waals surface area contributed by atoms with E-state index < -0.39 is 0 Å². The number of hydrogen-bond donors (Lipinski definition) is 0. The maximum absolute atomic E-state index is 5.98. The molecule has 0 amide bonds. The molecule has 0 atom stereocenters. The largest absolute Gasteiger partial charge is 0.464 e. The second-order valence-corrected chi connectivity index (χ2v) is 3.97. The predicted octanol–water partition coefficient (Wildman–Crippen LogP) is 3.67. The molecule has 0 aliphatic rings. The first-order valence-corrected chi connectivity index (χ1v) is 5.07. The van der Waals surface area contributed by atoms with E-state index in [9.17, 15) is 0 Å². The number of furan rings is 1. The number of rotatable bonds is 2. The Morgan fingerprint density at radius 3 is 2.60 bits per heavy atom. The summed E-state index contributed by atoms with van der Waals surface area (Å²) in [5.41, 5.74) is 2.10. The van der Waals surface area contributed by atoms with E-state index in [1.807, 2.05) is 49.3 Å². The lowest BCUT2D eigenvalue weighted by Crippen LogP contribution is -2.09. The van der Waals surface area contributed by atoms with Crippen LogP contribution in [-0.2, 0) is 0 Å². The SMILES string of the molecule is CN(C)c1ccc(Cl)cc1-c1ccco1. The van der Waals surface area contributed by atoms with Gasteiger partial charge in [-0.15, -0.1) is 0 Å². The Kier molecular flexibility index (Phi) is 2.69. The Bertz CT molecular complexity index is 449. The highest BCUT2D eigenvalue weighted by atomic mass is 35.5. The lowest BCUT2D eigenvalue weighted by atomic mass is 10.1. The molecular weight excluding hydrogens is 210 g/mol. The Labute approximate surface area is 94.1 Å². The third-order valence-electron chi connectivity index (χ3n) is 2.23. The van der Waals surface area contributed by atoms with Crippen molar-refractivity contribution in [2.45, 2.75) is 0 Å². The van der Waals surface area contributed by atoms with Gasteiger partial charge in [-0.3, -0.25) is 0 Å². The van der Waals surface area contributed by atoms with E-state index in [0.29, 0.717) is 5.02 Å². The molecule has 0 aliphatic heterocycles. The molecule has 15 heavy (non-hydrogen) atoms. The Hall–Kier alpha value is -1.41. The zero-order valence-electron chi connectivity index (χ0n) is 8.70. The number of hydrogen-bond acceptors (Lipinski definition) is 2. The summed E-state index contributed by atoms with van der Waals surface area (Å²) in [4.78, 5) is 2.04. The monoisotopic (exact) mass is 221 g/mol. The lowest BCUT2D eigenvalue weighted by Gasteiger charge is -2.16. The second kappa shape index (κ2) is 3.99. The minimum atomic E-state index is 0.715. The van der Waals surface area contributed by atoms with E-state index in [1.165, 1.54) is 0 Å². The second-order valence-electron chi connectivity index (χ2n) is 3.53. The van der Waals surface area contributed by atoms with Crippen molar-refractivity contribution in [1.82, 2.24) is 0 Å². The molecule has 0 N–H and O–H groups in total. The minimum absolute atomic E-state index is 0.715. The zero-order chi connectivity index (χ0) is 10.8. The van der Waals surface area contributed by atoms with Gasteiger partial charge in [-0.1, -0.05) is 11.6 Å². The standard InChI is InChI=1S/C12H12ClNO/c1-14(2)11-6-5-9(13)8-10(11)12-4-3-7-15-12/h3-8H,1-2H3. The highest BCUT2D eigenvalue weighted by molar-refractivity contribution is 6.31. The fraction of sp³-hybridized carbons (Fsp3) is 0.167. The predicted molar refractivity (Wildman–Crippen MR) is 63.5 cm³/mol. The van der Waals surface area contributed by atoms with Crippen molar-refractivity contribution in [3.05, 3.63) is 41.6 Å². The van der Waals surface area contributed by atoms with Gasteiger partial charge in [0.15, 0.2) is 0 Å². The normalized spacial score (nSPS) is 10.3. The molecule has 2 nitrogen and oxygen atoms in total. The average molecular weight is 222 g/mol. The first-order valence-electron chi connectivity index (χ1n) is 4.69. The van der Waals surface area contributed by atoms with Gasteiger partial charge in [0.2, 0.25) is 0 Å². The van der Waals surface area contributed by atoms with Crippen LogP contribution in [0.5, 0.6) is 0 Å². The van der Waals surface area contributed by atoms with Crippen LogP contribution in [0, 0.1) is 0 Å². The molecule has 1 aromatic heterocycles. The van der Waals surface area contributed by atoms with E-state index in [2.05, 4.69) is 0 Å². The number of nitrogens with zero attached hydrogens (tertiary/aromatic N) is 1. The van der Waals surface area contributed by atoms with Gasteiger partial charge in [-0.2, -0.15) is 0 Å². The molecule has 78 valence electrons. The van der Waals surface area contributed by atoms with Crippen molar-refractivity contribution in [3.63, 3.8) is 0 Å². The molecule has 2 rings (SSSR count). The summed E-state index contributed by atoms with van der Waals surface area (Å²) in [7, 11) is 3.99. The first kappa shape index (κ1) is 10.1. The smallest absolute Gasteiger partial charge is 0.135 e. The van der Waals surface area contributed by atoms with Crippen LogP contribution in [0.2, 0.25) is 5.02 Å². The maximum Gasteiger partial charge on any atom is 0.135 e. The van der Waals surface area contributed by atoms with Gasteiger partial charge < -0.3 is 9.32 Å². The molecule has 0 fully saturated rings. The topological polar surface area (TPSA) is 16.4 Å². The fourth-order valence-corrected chi connectivity index (χ4v) is 1.70. The lowest BCUT2D eigenvalue weighted by molar-refractivity contribution is 0.582. The van der Waals surface area contributed by atoms with Crippen LogP contribution in [0.25, 0.3) is 11.3 Å². The molecule has 0 saturated carbocycles. The summed E-state index contributed by atoms with van der Waals surface area (Å²) >= 11 is 5.98. The molecule has 0 aliphatic carbocycles. The molecular formula is C12H12ClNO. The van der Waals surface area contributed by atoms with Crippen LogP contribution in [0.1, 0.15) is 0 Å². The Balaban J connectivity index is 2.58. The van der Waals surface area contributed by atoms with Crippen molar-refractivity contribution in [2.24, 2.45) is 0 Å². The van der Waals surface area contributed by atoms with Crippen molar-refractivity contribution >= 4 is 17.3 Å². The molecule has 0 bridgehead atoms. The minimum Gasteiger partial charge on any atom is -0.464 e.